The van der Waals surface area contributed by atoms with Crippen molar-refractivity contribution in [1.29, 1.82) is 0 Å². The number of nitrogens with one attached hydrogen (secondary N) is 2. The Morgan fingerprint density at radius 2 is 1.91 bits per heavy atom. The normalized spacial score (nSPS) is 27.3. The molecule has 0 radical (unpaired) electrons. The van der Waals surface area contributed by atoms with Gasteiger partial charge in [-0.1, -0.05) is 34.5 Å². The topological polar surface area (TPSA) is 41.1 Å². The summed E-state index contributed by atoms with van der Waals surface area (Å²) in [5, 5.41) is 6.83. The van der Waals surface area contributed by atoms with Crippen molar-refractivity contribution in [3.05, 3.63) is 34.3 Å². The molecule has 23 heavy (non-hydrogen) atoms. The van der Waals surface area contributed by atoms with E-state index in [-0.39, 0.29) is 12.0 Å². The van der Waals surface area contributed by atoms with Crippen molar-refractivity contribution >= 4 is 21.8 Å². The molecule has 2 atom stereocenters. The highest BCUT2D eigenvalue weighted by molar-refractivity contribution is 9.10. The number of hydrogen-bond donors (Lipinski definition) is 2. The van der Waals surface area contributed by atoms with Crippen molar-refractivity contribution in [2.45, 2.75) is 44.6 Å². The van der Waals surface area contributed by atoms with Crippen LogP contribution in [0, 0.1) is 17.3 Å². The third-order valence-corrected chi connectivity index (χ3v) is 6.78. The van der Waals surface area contributed by atoms with Gasteiger partial charge in [-0.2, -0.15) is 0 Å². The summed E-state index contributed by atoms with van der Waals surface area (Å²) in [6.07, 6.45) is 7.20. The highest BCUT2D eigenvalue weighted by atomic mass is 79.9. The molecule has 1 amide bonds. The largest absolute Gasteiger partial charge is 0.349 e. The van der Waals surface area contributed by atoms with Crippen LogP contribution < -0.4 is 10.6 Å². The zero-order chi connectivity index (χ0) is 15.9. The van der Waals surface area contributed by atoms with E-state index in [4.69, 9.17) is 0 Å². The molecule has 3 aliphatic rings. The predicted octanol–water partition coefficient (Wildman–Crippen LogP) is 3.80. The molecule has 4 rings (SSSR count). The fourth-order valence-electron chi connectivity index (χ4n) is 4.37. The fourth-order valence-corrected chi connectivity index (χ4v) is 4.63. The summed E-state index contributed by atoms with van der Waals surface area (Å²) >= 11 is 3.50. The van der Waals surface area contributed by atoms with E-state index in [0.717, 1.165) is 36.8 Å². The van der Waals surface area contributed by atoms with Crippen LogP contribution in [0.3, 0.4) is 0 Å². The highest BCUT2D eigenvalue weighted by Gasteiger charge is 2.57. The van der Waals surface area contributed by atoms with Gasteiger partial charge in [-0.3, -0.25) is 4.79 Å². The first-order chi connectivity index (χ1) is 11.2. The van der Waals surface area contributed by atoms with Gasteiger partial charge in [0.2, 0.25) is 5.91 Å². The molecule has 1 aromatic rings. The van der Waals surface area contributed by atoms with Crippen molar-refractivity contribution in [3.8, 4) is 0 Å². The molecule has 1 aromatic carbocycles. The second-order valence-electron chi connectivity index (χ2n) is 7.60. The van der Waals surface area contributed by atoms with Gasteiger partial charge in [0.15, 0.2) is 0 Å². The minimum Gasteiger partial charge on any atom is -0.349 e. The molecule has 2 aliphatic carbocycles. The molecular weight excluding hydrogens is 352 g/mol. The molecule has 2 N–H and O–H groups in total. The minimum absolute atomic E-state index is 0.198. The van der Waals surface area contributed by atoms with Gasteiger partial charge in [-0.05, 0) is 74.2 Å². The molecule has 2 unspecified atom stereocenters. The van der Waals surface area contributed by atoms with Crippen LogP contribution >= 0.6 is 15.9 Å². The Morgan fingerprint density at radius 3 is 2.52 bits per heavy atom. The standard InChI is InChI=1S/C19H25BrN2O/c20-15-6-4-14(5-7-15)17(13-2-1-3-13)22-18(23)16-12-19(16)8-10-21-11-9-19/h4-7,13,16-17,21H,1-3,8-12H2,(H,22,23). The average Bonchev–Trinajstić information content (AvgIpc) is 3.20. The number of carbonyl (C=O) groups is 1. The molecule has 3 fully saturated rings. The molecule has 124 valence electrons. The summed E-state index contributed by atoms with van der Waals surface area (Å²) in [5.74, 6) is 1.16. The first-order valence-electron chi connectivity index (χ1n) is 8.95. The Hall–Kier alpha value is -0.870. The second kappa shape index (κ2) is 6.21. The molecule has 3 nitrogen and oxygen atoms in total. The van der Waals surface area contributed by atoms with Crippen molar-refractivity contribution in [3.63, 3.8) is 0 Å². The molecule has 1 aliphatic heterocycles. The van der Waals surface area contributed by atoms with E-state index in [0.29, 0.717) is 17.2 Å². The Labute approximate surface area is 146 Å². The van der Waals surface area contributed by atoms with E-state index in [1.54, 1.807) is 0 Å². The van der Waals surface area contributed by atoms with Crippen LogP contribution in [-0.2, 0) is 4.79 Å². The molecular formula is C19H25BrN2O. The zero-order valence-corrected chi connectivity index (χ0v) is 15.1. The van der Waals surface area contributed by atoms with Gasteiger partial charge < -0.3 is 10.6 Å². The smallest absolute Gasteiger partial charge is 0.224 e. The Balaban J connectivity index is 1.45. The number of halogens is 1. The lowest BCUT2D eigenvalue weighted by atomic mass is 9.77. The number of carbonyl (C=O) groups excluding carboxylic acids is 1. The van der Waals surface area contributed by atoms with E-state index in [2.05, 4.69) is 50.8 Å². The fraction of sp³-hybridized carbons (Fsp3) is 0.632. The average molecular weight is 377 g/mol. The van der Waals surface area contributed by atoms with Gasteiger partial charge in [-0.15, -0.1) is 0 Å². The third-order valence-electron chi connectivity index (χ3n) is 6.25. The first kappa shape index (κ1) is 15.6. The second-order valence-corrected chi connectivity index (χ2v) is 8.51. The van der Waals surface area contributed by atoms with Crippen LogP contribution in [0.25, 0.3) is 0 Å². The van der Waals surface area contributed by atoms with Crippen LogP contribution in [0.2, 0.25) is 0 Å². The monoisotopic (exact) mass is 376 g/mol. The molecule has 1 saturated heterocycles. The number of rotatable bonds is 4. The highest BCUT2D eigenvalue weighted by Crippen LogP contribution is 2.58. The maximum atomic E-state index is 12.8. The summed E-state index contributed by atoms with van der Waals surface area (Å²) in [7, 11) is 0. The SMILES string of the molecule is O=C(NC(c1ccc(Br)cc1)C1CCC1)C1CC12CCNCC2. The summed E-state index contributed by atoms with van der Waals surface area (Å²) in [4.78, 5) is 12.8. The minimum atomic E-state index is 0.198. The Bertz CT molecular complexity index is 576. The van der Waals surface area contributed by atoms with Gasteiger partial charge in [-0.25, -0.2) is 0 Å². The van der Waals surface area contributed by atoms with E-state index in [1.807, 2.05) is 0 Å². The summed E-state index contributed by atoms with van der Waals surface area (Å²) in [6.45, 7) is 2.14. The van der Waals surface area contributed by atoms with Crippen molar-refractivity contribution < 1.29 is 4.79 Å². The Morgan fingerprint density at radius 1 is 1.22 bits per heavy atom. The molecule has 4 heteroatoms. The maximum Gasteiger partial charge on any atom is 0.224 e. The zero-order valence-electron chi connectivity index (χ0n) is 13.5. The molecule has 1 heterocycles. The predicted molar refractivity (Wildman–Crippen MR) is 95.0 cm³/mol. The molecule has 1 spiro atoms. The molecule has 0 aromatic heterocycles. The first-order valence-corrected chi connectivity index (χ1v) is 9.74. The lowest BCUT2D eigenvalue weighted by molar-refractivity contribution is -0.124. The number of hydrogen-bond acceptors (Lipinski definition) is 2. The van der Waals surface area contributed by atoms with Crippen LogP contribution in [0.5, 0.6) is 0 Å². The number of benzene rings is 1. The molecule has 0 bridgehead atoms. The quantitative estimate of drug-likeness (QED) is 0.838. The lowest BCUT2D eigenvalue weighted by Gasteiger charge is -2.35. The van der Waals surface area contributed by atoms with Gasteiger partial charge in [0.05, 0.1) is 6.04 Å². The maximum absolute atomic E-state index is 12.8. The van der Waals surface area contributed by atoms with E-state index in [9.17, 15) is 4.79 Å². The van der Waals surface area contributed by atoms with Crippen LogP contribution in [0.1, 0.15) is 50.1 Å². The van der Waals surface area contributed by atoms with E-state index >= 15 is 0 Å². The summed E-state index contributed by atoms with van der Waals surface area (Å²) in [5.41, 5.74) is 1.57. The Kier molecular flexibility index (Phi) is 4.22. The van der Waals surface area contributed by atoms with E-state index < -0.39 is 0 Å². The van der Waals surface area contributed by atoms with Gasteiger partial charge in [0.1, 0.15) is 0 Å². The lowest BCUT2D eigenvalue weighted by Crippen LogP contribution is -2.39. The van der Waals surface area contributed by atoms with Crippen LogP contribution in [-0.4, -0.2) is 19.0 Å². The van der Waals surface area contributed by atoms with Gasteiger partial charge in [0, 0.05) is 10.4 Å². The van der Waals surface area contributed by atoms with Crippen LogP contribution in [0.4, 0.5) is 0 Å². The van der Waals surface area contributed by atoms with Crippen molar-refractivity contribution in [2.24, 2.45) is 17.3 Å². The van der Waals surface area contributed by atoms with Crippen molar-refractivity contribution in [1.82, 2.24) is 10.6 Å². The number of piperidine rings is 1. The van der Waals surface area contributed by atoms with Gasteiger partial charge in [0.25, 0.3) is 0 Å². The number of amides is 1. The summed E-state index contributed by atoms with van der Waals surface area (Å²) < 4.78 is 1.09. The summed E-state index contributed by atoms with van der Waals surface area (Å²) in [6, 6.07) is 8.67. The third kappa shape index (κ3) is 3.08. The molecule has 2 saturated carbocycles. The van der Waals surface area contributed by atoms with E-state index in [1.165, 1.54) is 24.8 Å². The van der Waals surface area contributed by atoms with Crippen molar-refractivity contribution in [2.75, 3.05) is 13.1 Å². The van der Waals surface area contributed by atoms with Crippen LogP contribution in [0.15, 0.2) is 28.7 Å². The van der Waals surface area contributed by atoms with Gasteiger partial charge >= 0.3 is 0 Å².